The Morgan fingerprint density at radius 3 is 2.84 bits per heavy atom. The molecule has 3 rings (SSSR count). The van der Waals surface area contributed by atoms with Crippen molar-refractivity contribution in [3.8, 4) is 0 Å². The molecule has 0 bridgehead atoms. The first kappa shape index (κ1) is 23.6. The van der Waals surface area contributed by atoms with Crippen molar-refractivity contribution in [2.75, 3.05) is 25.2 Å². The number of carboxylic acid groups (broad SMARTS) is 1. The Kier molecular flexibility index (Phi) is 7.37. The highest BCUT2D eigenvalue weighted by Gasteiger charge is 2.54. The number of nitrogens with two attached hydrogens (primary N) is 1. The van der Waals surface area contributed by atoms with E-state index in [1.165, 1.54) is 28.8 Å². The minimum atomic E-state index is -1.28. The smallest absolute Gasteiger partial charge is 0.352 e. The van der Waals surface area contributed by atoms with Crippen LogP contribution in [0.25, 0.3) is 0 Å². The van der Waals surface area contributed by atoms with Gasteiger partial charge in [0.25, 0.3) is 11.8 Å². The summed E-state index contributed by atoms with van der Waals surface area (Å²) >= 11 is 7.88. The topological polar surface area (TPSA) is 174 Å². The first-order chi connectivity index (χ1) is 15.3. The van der Waals surface area contributed by atoms with Crippen LogP contribution >= 0.6 is 34.7 Å². The van der Waals surface area contributed by atoms with Crippen LogP contribution in [-0.2, 0) is 28.8 Å². The number of methoxy groups -OCH3 is 1. The van der Waals surface area contributed by atoms with Crippen molar-refractivity contribution in [2.24, 2.45) is 5.16 Å². The van der Waals surface area contributed by atoms with Crippen LogP contribution in [0.3, 0.4) is 0 Å². The second kappa shape index (κ2) is 10.0. The molecule has 12 nitrogen and oxygen atoms in total. The number of rotatable bonds is 8. The van der Waals surface area contributed by atoms with Crippen molar-refractivity contribution in [3.63, 3.8) is 0 Å². The first-order valence-corrected chi connectivity index (χ1v) is 11.1. The number of nitrogens with zero attached hydrogens (tertiary/aromatic N) is 3. The number of hydrogen-bond donors (Lipinski definition) is 3. The summed E-state index contributed by atoms with van der Waals surface area (Å²) < 4.78 is 4.44. The van der Waals surface area contributed by atoms with E-state index in [9.17, 15) is 24.3 Å². The van der Waals surface area contributed by atoms with Crippen molar-refractivity contribution in [3.05, 3.63) is 34.0 Å². The van der Waals surface area contributed by atoms with E-state index < -0.39 is 41.8 Å². The fourth-order valence-electron chi connectivity index (χ4n) is 2.87. The number of amides is 2. The van der Waals surface area contributed by atoms with Gasteiger partial charge >= 0.3 is 11.9 Å². The number of anilines is 1. The maximum Gasteiger partial charge on any atom is 0.352 e. The zero-order chi connectivity index (χ0) is 23.4. The fourth-order valence-corrected chi connectivity index (χ4v) is 4.88. The van der Waals surface area contributed by atoms with E-state index in [-0.39, 0.29) is 28.0 Å². The molecule has 2 atom stereocenters. The number of carboxylic acids is 1. The minimum absolute atomic E-state index is 0.0791. The van der Waals surface area contributed by atoms with E-state index in [1.54, 1.807) is 0 Å². The van der Waals surface area contributed by atoms with Crippen molar-refractivity contribution in [1.29, 1.82) is 0 Å². The summed E-state index contributed by atoms with van der Waals surface area (Å²) in [6, 6.07) is -1.01. The van der Waals surface area contributed by atoms with Crippen LogP contribution in [0.5, 0.6) is 0 Å². The molecule has 1 aromatic heterocycles. The molecule has 1 aromatic rings. The molecular formula is C17H16ClN5O7S2. The van der Waals surface area contributed by atoms with Crippen LogP contribution < -0.4 is 11.1 Å². The van der Waals surface area contributed by atoms with Gasteiger partial charge in [-0.2, -0.15) is 0 Å². The van der Waals surface area contributed by atoms with Gasteiger partial charge < -0.3 is 25.7 Å². The number of thioether (sulfide) groups is 1. The van der Waals surface area contributed by atoms with Crippen LogP contribution in [0.1, 0.15) is 5.69 Å². The van der Waals surface area contributed by atoms with Crippen LogP contribution in [-0.4, -0.2) is 75.3 Å². The Hall–Kier alpha value is -3.10. The number of hydrogen-bond acceptors (Lipinski definition) is 11. The Morgan fingerprint density at radius 2 is 2.25 bits per heavy atom. The zero-order valence-electron chi connectivity index (χ0n) is 16.3. The number of aromatic nitrogens is 1. The van der Waals surface area contributed by atoms with Gasteiger partial charge in [-0.05, 0) is 11.6 Å². The number of nitrogen functional groups attached to an aromatic ring is 1. The predicted molar refractivity (Wildman–Crippen MR) is 116 cm³/mol. The lowest BCUT2D eigenvalue weighted by molar-refractivity contribution is -0.150. The summed E-state index contributed by atoms with van der Waals surface area (Å²) in [5.41, 5.74) is 6.73. The molecule has 15 heteroatoms. The quantitative estimate of drug-likeness (QED) is 0.192. The minimum Gasteiger partial charge on any atom is -0.477 e. The molecule has 1 unspecified atom stereocenters. The molecule has 0 saturated carbocycles. The average Bonchev–Trinajstić information content (AvgIpc) is 3.20. The number of allylic oxidation sites excluding steroid dienone is 1. The number of aliphatic carboxylic acids is 1. The first-order valence-electron chi connectivity index (χ1n) is 8.75. The number of carbonyl (C=O) groups is 4. The number of thiazole rings is 1. The normalized spacial score (nSPS) is 20.6. The van der Waals surface area contributed by atoms with Gasteiger partial charge in [0.15, 0.2) is 10.8 Å². The Labute approximate surface area is 194 Å². The van der Waals surface area contributed by atoms with Crippen LogP contribution in [0, 0.1) is 0 Å². The highest BCUT2D eigenvalue weighted by atomic mass is 35.5. The highest BCUT2D eigenvalue weighted by molar-refractivity contribution is 8.00. The lowest BCUT2D eigenvalue weighted by Crippen LogP contribution is -2.71. The van der Waals surface area contributed by atoms with Gasteiger partial charge in [0, 0.05) is 16.7 Å². The molecule has 2 aliphatic heterocycles. The molecule has 4 N–H and O–H groups in total. The van der Waals surface area contributed by atoms with E-state index in [0.29, 0.717) is 5.57 Å². The van der Waals surface area contributed by atoms with Gasteiger partial charge in [0.1, 0.15) is 22.8 Å². The number of ether oxygens (including phenoxy) is 1. The lowest BCUT2D eigenvalue weighted by Gasteiger charge is -2.49. The summed E-state index contributed by atoms with van der Waals surface area (Å²) in [4.78, 5) is 58.4. The molecular weight excluding hydrogens is 486 g/mol. The van der Waals surface area contributed by atoms with Crippen LogP contribution in [0.15, 0.2) is 33.4 Å². The standard InChI is InChI=1S/C17H16ClN5O7S2/c1-29-9(24)4-30-22-10(8-6-32-17(19)20-8)13(25)21-11-14(26)23-12(16(27)28)7(2-3-18)5-31-15(11)23/h2-3,6,11,15H,4-5H2,1H3,(H2,19,20)(H,21,25)(H,27,28)/b3-2+,22-10-/t11?,15-/m1/s1. The molecule has 0 spiro atoms. The second-order valence-electron chi connectivity index (χ2n) is 6.19. The van der Waals surface area contributed by atoms with E-state index in [2.05, 4.69) is 20.2 Å². The van der Waals surface area contributed by atoms with Gasteiger partial charge in [0.05, 0.1) is 7.11 Å². The summed E-state index contributed by atoms with van der Waals surface area (Å²) in [6.07, 6.45) is 1.41. The molecule has 2 aliphatic rings. The van der Waals surface area contributed by atoms with Gasteiger partial charge in [-0.15, -0.1) is 23.1 Å². The SMILES string of the molecule is COC(=O)CO/N=C(\C(=O)NC1C(=O)N2C(C(=O)O)=C(/C=C/Cl)CS[C@H]12)c1csc(N)n1. The monoisotopic (exact) mass is 501 g/mol. The third-order valence-electron chi connectivity index (χ3n) is 4.30. The number of nitrogens with one attached hydrogen (secondary N) is 1. The van der Waals surface area contributed by atoms with Gasteiger partial charge in [-0.1, -0.05) is 16.8 Å². The zero-order valence-corrected chi connectivity index (χ0v) is 18.7. The van der Waals surface area contributed by atoms with E-state index in [1.807, 2.05) is 0 Å². The van der Waals surface area contributed by atoms with E-state index in [4.69, 9.17) is 22.2 Å². The molecule has 170 valence electrons. The van der Waals surface area contributed by atoms with Gasteiger partial charge in [0.2, 0.25) is 6.61 Å². The van der Waals surface area contributed by atoms with Crippen molar-refractivity contribution >= 4 is 69.3 Å². The van der Waals surface area contributed by atoms with Gasteiger partial charge in [-0.25, -0.2) is 14.6 Å². The summed E-state index contributed by atoms with van der Waals surface area (Å²) in [6.45, 7) is -0.550. The summed E-state index contributed by atoms with van der Waals surface area (Å²) in [7, 11) is 1.16. The fraction of sp³-hybridized carbons (Fsp3) is 0.294. The number of esters is 1. The largest absolute Gasteiger partial charge is 0.477 e. The summed E-state index contributed by atoms with van der Waals surface area (Å²) in [5, 5.41) is 16.7. The number of carbonyl (C=O) groups excluding carboxylic acids is 3. The number of fused-ring (bicyclic) bond motifs is 1. The number of halogens is 1. The van der Waals surface area contributed by atoms with Gasteiger partial charge in [-0.3, -0.25) is 14.5 Å². The molecule has 1 fully saturated rings. The maximum absolute atomic E-state index is 12.9. The molecule has 1 saturated heterocycles. The molecule has 2 amide bonds. The molecule has 0 aliphatic carbocycles. The lowest BCUT2D eigenvalue weighted by atomic mass is 10.0. The maximum atomic E-state index is 12.9. The average molecular weight is 502 g/mol. The van der Waals surface area contributed by atoms with Crippen LogP contribution in [0.2, 0.25) is 0 Å². The van der Waals surface area contributed by atoms with Crippen molar-refractivity contribution < 1.29 is 33.9 Å². The van der Waals surface area contributed by atoms with Crippen molar-refractivity contribution in [1.82, 2.24) is 15.2 Å². The molecule has 0 aromatic carbocycles. The highest BCUT2D eigenvalue weighted by Crippen LogP contribution is 2.40. The third kappa shape index (κ3) is 4.71. The number of oxime groups is 1. The Morgan fingerprint density at radius 1 is 1.50 bits per heavy atom. The number of β-lactam (4-membered cyclic amide) rings is 1. The molecule has 32 heavy (non-hydrogen) atoms. The predicted octanol–water partition coefficient (Wildman–Crippen LogP) is 0.110. The van der Waals surface area contributed by atoms with Crippen molar-refractivity contribution in [2.45, 2.75) is 11.4 Å². The van der Waals surface area contributed by atoms with E-state index in [0.717, 1.165) is 23.3 Å². The van der Waals surface area contributed by atoms with E-state index >= 15 is 0 Å². The summed E-state index contributed by atoms with van der Waals surface area (Å²) in [5.74, 6) is -3.15. The van der Waals surface area contributed by atoms with Crippen LogP contribution in [0.4, 0.5) is 5.13 Å². The third-order valence-corrected chi connectivity index (χ3v) is 6.40. The molecule has 3 heterocycles. The Bertz CT molecular complexity index is 1050. The second-order valence-corrected chi connectivity index (χ2v) is 8.44. The molecule has 0 radical (unpaired) electrons. The Balaban J connectivity index is 1.79.